The van der Waals surface area contributed by atoms with E-state index < -0.39 is 15.8 Å². The number of ether oxygens (including phenoxy) is 1. The van der Waals surface area contributed by atoms with E-state index in [2.05, 4.69) is 6.92 Å². The van der Waals surface area contributed by atoms with Gasteiger partial charge in [-0.25, -0.2) is 12.8 Å². The quantitative estimate of drug-likeness (QED) is 0.915. The predicted molar refractivity (Wildman–Crippen MR) is 78.1 cm³/mol. The van der Waals surface area contributed by atoms with Crippen LogP contribution in [-0.4, -0.2) is 39.0 Å². The smallest absolute Gasteiger partial charge is 0.243 e. The largest absolute Gasteiger partial charge is 0.494 e. The molecule has 0 aliphatic carbocycles. The van der Waals surface area contributed by atoms with E-state index in [0.717, 1.165) is 18.9 Å². The number of sulfonamides is 1. The molecule has 5 nitrogen and oxygen atoms in total. The summed E-state index contributed by atoms with van der Waals surface area (Å²) in [5.41, 5.74) is 5.71. The second kappa shape index (κ2) is 6.29. The Hall–Kier alpha value is -1.18. The molecular formula is C14H21FN2O3S. The van der Waals surface area contributed by atoms with E-state index in [4.69, 9.17) is 10.5 Å². The maximum absolute atomic E-state index is 13.8. The highest BCUT2D eigenvalue weighted by Gasteiger charge is 2.35. The Balaban J connectivity index is 2.34. The molecule has 0 saturated carbocycles. The molecule has 2 unspecified atom stereocenters. The zero-order chi connectivity index (χ0) is 15.6. The Morgan fingerprint density at radius 2 is 2.19 bits per heavy atom. The Morgan fingerprint density at radius 3 is 2.76 bits per heavy atom. The van der Waals surface area contributed by atoms with E-state index in [9.17, 15) is 12.8 Å². The molecule has 118 valence electrons. The maximum atomic E-state index is 13.8. The summed E-state index contributed by atoms with van der Waals surface area (Å²) in [6.45, 7) is 2.76. The Kier molecular flexibility index (Phi) is 4.85. The average molecular weight is 316 g/mol. The van der Waals surface area contributed by atoms with Crippen molar-refractivity contribution in [3.63, 3.8) is 0 Å². The minimum absolute atomic E-state index is 0.0246. The Bertz CT molecular complexity index is 606. The molecule has 1 saturated heterocycles. The summed E-state index contributed by atoms with van der Waals surface area (Å²) in [6.07, 6.45) is 1.52. The molecule has 2 rings (SSSR count). The van der Waals surface area contributed by atoms with Crippen LogP contribution in [0.2, 0.25) is 0 Å². The highest BCUT2D eigenvalue weighted by Crippen LogP contribution is 2.29. The van der Waals surface area contributed by atoms with Gasteiger partial charge in [0.15, 0.2) is 11.6 Å². The first-order chi connectivity index (χ1) is 9.90. The molecule has 1 aromatic rings. The van der Waals surface area contributed by atoms with Crippen molar-refractivity contribution in [2.75, 3.05) is 20.2 Å². The van der Waals surface area contributed by atoms with Crippen LogP contribution in [-0.2, 0) is 10.0 Å². The Morgan fingerprint density at radius 1 is 1.48 bits per heavy atom. The van der Waals surface area contributed by atoms with Gasteiger partial charge in [-0.1, -0.05) is 6.92 Å². The lowest BCUT2D eigenvalue weighted by Crippen LogP contribution is -2.49. The third-order valence-electron chi connectivity index (χ3n) is 3.93. The normalized spacial score (nSPS) is 24.0. The summed E-state index contributed by atoms with van der Waals surface area (Å²) in [5, 5.41) is 0. The zero-order valence-electron chi connectivity index (χ0n) is 12.3. The molecule has 1 aliphatic heterocycles. The van der Waals surface area contributed by atoms with Crippen LogP contribution in [0, 0.1) is 11.7 Å². The van der Waals surface area contributed by atoms with Crippen LogP contribution in [0.25, 0.3) is 0 Å². The fourth-order valence-electron chi connectivity index (χ4n) is 2.70. The van der Waals surface area contributed by atoms with Crippen molar-refractivity contribution in [1.29, 1.82) is 0 Å². The van der Waals surface area contributed by atoms with Gasteiger partial charge < -0.3 is 10.5 Å². The fraction of sp³-hybridized carbons (Fsp3) is 0.571. The summed E-state index contributed by atoms with van der Waals surface area (Å²) in [6, 6.07) is 3.46. The van der Waals surface area contributed by atoms with Crippen LogP contribution in [0.1, 0.15) is 19.8 Å². The molecule has 1 fully saturated rings. The van der Waals surface area contributed by atoms with Crippen molar-refractivity contribution in [2.24, 2.45) is 11.7 Å². The lowest BCUT2D eigenvalue weighted by atomic mass is 9.94. The Labute approximate surface area is 124 Å². The molecule has 21 heavy (non-hydrogen) atoms. The molecular weight excluding hydrogens is 295 g/mol. The summed E-state index contributed by atoms with van der Waals surface area (Å²) in [5.74, 6) is -0.220. The minimum Gasteiger partial charge on any atom is -0.494 e. The van der Waals surface area contributed by atoms with E-state index in [0.29, 0.717) is 12.5 Å². The van der Waals surface area contributed by atoms with E-state index in [1.54, 1.807) is 0 Å². The topological polar surface area (TPSA) is 72.6 Å². The molecule has 0 amide bonds. The van der Waals surface area contributed by atoms with Gasteiger partial charge >= 0.3 is 0 Å². The SMILES string of the molecule is COc1ccc(S(=O)(=O)N2CCC(C)CC2CN)cc1F. The molecule has 0 spiro atoms. The van der Waals surface area contributed by atoms with Gasteiger partial charge in [0.1, 0.15) is 0 Å². The molecule has 0 radical (unpaired) electrons. The van der Waals surface area contributed by atoms with Crippen LogP contribution in [0.15, 0.2) is 23.1 Å². The van der Waals surface area contributed by atoms with Gasteiger partial charge in [0.05, 0.1) is 12.0 Å². The zero-order valence-corrected chi connectivity index (χ0v) is 13.1. The predicted octanol–water partition coefficient (Wildman–Crippen LogP) is 1.58. The third kappa shape index (κ3) is 3.20. The van der Waals surface area contributed by atoms with Crippen LogP contribution < -0.4 is 10.5 Å². The summed E-state index contributed by atoms with van der Waals surface area (Å²) in [4.78, 5) is -0.0613. The summed E-state index contributed by atoms with van der Waals surface area (Å²) >= 11 is 0. The first-order valence-electron chi connectivity index (χ1n) is 6.95. The van der Waals surface area contributed by atoms with Crippen LogP contribution in [0.4, 0.5) is 4.39 Å². The van der Waals surface area contributed by atoms with E-state index in [1.807, 2.05) is 0 Å². The molecule has 1 aliphatic rings. The lowest BCUT2D eigenvalue weighted by molar-refractivity contribution is 0.211. The monoisotopic (exact) mass is 316 g/mol. The lowest BCUT2D eigenvalue weighted by Gasteiger charge is -2.36. The molecule has 1 heterocycles. The molecule has 0 bridgehead atoms. The van der Waals surface area contributed by atoms with Gasteiger partial charge in [-0.3, -0.25) is 0 Å². The molecule has 7 heteroatoms. The maximum Gasteiger partial charge on any atom is 0.243 e. The number of nitrogens with two attached hydrogens (primary N) is 1. The summed E-state index contributed by atoms with van der Waals surface area (Å²) < 4.78 is 45.3. The number of piperidine rings is 1. The molecule has 0 aromatic heterocycles. The average Bonchev–Trinajstić information content (AvgIpc) is 2.46. The van der Waals surface area contributed by atoms with Crippen molar-refractivity contribution in [2.45, 2.75) is 30.7 Å². The van der Waals surface area contributed by atoms with Crippen LogP contribution in [0.5, 0.6) is 5.75 Å². The van der Waals surface area contributed by atoms with Gasteiger partial charge in [0.25, 0.3) is 0 Å². The number of methoxy groups -OCH3 is 1. The highest BCUT2D eigenvalue weighted by molar-refractivity contribution is 7.89. The van der Waals surface area contributed by atoms with Crippen LogP contribution >= 0.6 is 0 Å². The minimum atomic E-state index is -3.74. The van der Waals surface area contributed by atoms with Gasteiger partial charge in [0.2, 0.25) is 10.0 Å². The molecule has 2 N–H and O–H groups in total. The van der Waals surface area contributed by atoms with Gasteiger partial charge in [-0.05, 0) is 37.0 Å². The van der Waals surface area contributed by atoms with Gasteiger partial charge in [0, 0.05) is 19.1 Å². The summed E-state index contributed by atoms with van der Waals surface area (Å²) in [7, 11) is -2.40. The first-order valence-corrected chi connectivity index (χ1v) is 8.39. The van der Waals surface area contributed by atoms with E-state index in [-0.39, 0.29) is 23.2 Å². The first kappa shape index (κ1) is 16.2. The number of halogens is 1. The second-order valence-electron chi connectivity index (χ2n) is 5.43. The molecule has 1 aromatic carbocycles. The van der Waals surface area contributed by atoms with Gasteiger partial charge in [-0.15, -0.1) is 0 Å². The highest BCUT2D eigenvalue weighted by atomic mass is 32.2. The number of hydrogen-bond acceptors (Lipinski definition) is 4. The third-order valence-corrected chi connectivity index (χ3v) is 5.87. The van der Waals surface area contributed by atoms with Gasteiger partial charge in [-0.2, -0.15) is 4.31 Å². The second-order valence-corrected chi connectivity index (χ2v) is 7.32. The van der Waals surface area contributed by atoms with Crippen molar-refractivity contribution >= 4 is 10.0 Å². The van der Waals surface area contributed by atoms with Crippen molar-refractivity contribution in [3.8, 4) is 5.75 Å². The van der Waals surface area contributed by atoms with Crippen molar-refractivity contribution in [3.05, 3.63) is 24.0 Å². The fourth-order valence-corrected chi connectivity index (χ4v) is 4.38. The molecule has 2 atom stereocenters. The van der Waals surface area contributed by atoms with Crippen molar-refractivity contribution in [1.82, 2.24) is 4.31 Å². The number of nitrogens with zero attached hydrogens (tertiary/aromatic N) is 1. The van der Waals surface area contributed by atoms with Crippen LogP contribution in [0.3, 0.4) is 0 Å². The van der Waals surface area contributed by atoms with E-state index in [1.165, 1.54) is 23.5 Å². The van der Waals surface area contributed by atoms with Crippen molar-refractivity contribution < 1.29 is 17.5 Å². The standard InChI is InChI=1S/C14H21FN2O3S/c1-10-5-6-17(11(7-10)9-16)21(18,19)12-3-4-14(20-2)13(15)8-12/h3-4,8,10-11H,5-7,9,16H2,1-2H3. The number of hydrogen-bond donors (Lipinski definition) is 1. The number of benzene rings is 1. The van der Waals surface area contributed by atoms with E-state index >= 15 is 0 Å². The number of rotatable bonds is 4.